The highest BCUT2D eigenvalue weighted by molar-refractivity contribution is 7.90. The van der Waals surface area contributed by atoms with Gasteiger partial charge in [0.05, 0.1) is 12.8 Å². The molecule has 204 valence electrons. The first-order valence-corrected chi connectivity index (χ1v) is 13.7. The highest BCUT2D eigenvalue weighted by atomic mass is 32.2. The average molecular weight is 533 g/mol. The zero-order valence-corrected chi connectivity index (χ0v) is 23.9. The summed E-state index contributed by atoms with van der Waals surface area (Å²) in [7, 11) is 0.416. The molecule has 9 nitrogen and oxygen atoms in total. The largest absolute Gasteiger partial charge is 0.497 e. The maximum absolute atomic E-state index is 13.9. The highest BCUT2D eigenvalue weighted by Gasteiger charge is 2.34. The van der Waals surface area contributed by atoms with Crippen LogP contribution >= 0.6 is 0 Å². The molecule has 2 aromatic carbocycles. The van der Waals surface area contributed by atoms with Crippen molar-refractivity contribution in [3.05, 3.63) is 59.2 Å². The Hall–Kier alpha value is -3.11. The van der Waals surface area contributed by atoms with E-state index in [1.165, 1.54) is 19.0 Å². The van der Waals surface area contributed by atoms with Crippen molar-refractivity contribution in [2.24, 2.45) is 0 Å². The summed E-state index contributed by atoms with van der Waals surface area (Å²) in [6.45, 7) is 8.89. The molecule has 0 saturated heterocycles. The van der Waals surface area contributed by atoms with Crippen LogP contribution in [0.5, 0.6) is 5.75 Å². The number of rotatable bonds is 12. The molecular formula is C27H40N4O5S. The molecule has 2 aromatic rings. The number of methoxy groups -OCH3 is 1. The summed E-state index contributed by atoms with van der Waals surface area (Å²) in [6.07, 6.45) is 0.365. The van der Waals surface area contributed by atoms with Crippen LogP contribution in [0.2, 0.25) is 0 Å². The molecule has 0 radical (unpaired) electrons. The molecule has 0 aliphatic rings. The van der Waals surface area contributed by atoms with E-state index in [-0.39, 0.29) is 18.5 Å². The maximum Gasteiger partial charge on any atom is 0.304 e. The first-order chi connectivity index (χ1) is 17.3. The second-order valence-corrected chi connectivity index (χ2v) is 11.6. The van der Waals surface area contributed by atoms with E-state index in [4.69, 9.17) is 4.74 Å². The molecular weight excluding hydrogens is 492 g/mol. The lowest BCUT2D eigenvalue weighted by atomic mass is 10.1. The Kier molecular flexibility index (Phi) is 10.5. The molecule has 0 aliphatic heterocycles. The Labute approximate surface area is 221 Å². The van der Waals surface area contributed by atoms with Gasteiger partial charge in [0.1, 0.15) is 18.3 Å². The van der Waals surface area contributed by atoms with Crippen molar-refractivity contribution in [1.29, 1.82) is 0 Å². The molecule has 0 fully saturated rings. The molecule has 0 aromatic heterocycles. The maximum atomic E-state index is 13.9. The summed E-state index contributed by atoms with van der Waals surface area (Å²) in [5.41, 5.74) is 2.80. The Morgan fingerprint density at radius 3 is 2.16 bits per heavy atom. The summed E-state index contributed by atoms with van der Waals surface area (Å²) in [4.78, 5) is 28.5. The number of hydrogen-bond donors (Lipinski definition) is 1. The number of nitrogens with one attached hydrogen (secondary N) is 1. The van der Waals surface area contributed by atoms with Crippen LogP contribution in [0.1, 0.15) is 43.9 Å². The summed E-state index contributed by atoms with van der Waals surface area (Å²) < 4.78 is 34.2. The van der Waals surface area contributed by atoms with Crippen molar-refractivity contribution in [3.8, 4) is 5.75 Å². The molecule has 37 heavy (non-hydrogen) atoms. The van der Waals surface area contributed by atoms with Crippen molar-refractivity contribution in [2.45, 2.75) is 59.7 Å². The minimum atomic E-state index is -4.01. The smallest absolute Gasteiger partial charge is 0.304 e. The Bertz CT molecular complexity index is 1180. The van der Waals surface area contributed by atoms with Gasteiger partial charge in [0.25, 0.3) is 0 Å². The molecule has 10 heteroatoms. The molecule has 0 aliphatic carbocycles. The average Bonchev–Trinajstić information content (AvgIpc) is 2.83. The molecule has 1 N–H and O–H groups in total. The summed E-state index contributed by atoms with van der Waals surface area (Å²) in [5.74, 6) is -0.0922. The minimum absolute atomic E-state index is 0.111. The van der Waals surface area contributed by atoms with E-state index >= 15 is 0 Å². The number of benzene rings is 2. The molecule has 0 saturated carbocycles. The van der Waals surface area contributed by atoms with E-state index in [9.17, 15) is 18.0 Å². The zero-order chi connectivity index (χ0) is 27.9. The number of aryl methyl sites for hydroxylation is 2. The van der Waals surface area contributed by atoms with Crippen LogP contribution in [0.15, 0.2) is 42.5 Å². The summed E-state index contributed by atoms with van der Waals surface area (Å²) >= 11 is 0. The third-order valence-electron chi connectivity index (χ3n) is 5.98. The molecule has 2 amide bonds. The van der Waals surface area contributed by atoms with Crippen LogP contribution in [0, 0.1) is 13.8 Å². The molecule has 0 heterocycles. The SMILES string of the molecule is CC[C@@H](C(=O)NC(C)C)N(Cc1ccc(OC)cc1)C(=O)CN(c1cc(C)ccc1C)S(=O)(=O)N(C)C. The van der Waals surface area contributed by atoms with Gasteiger partial charge < -0.3 is 15.0 Å². The van der Waals surface area contributed by atoms with Gasteiger partial charge >= 0.3 is 10.2 Å². The van der Waals surface area contributed by atoms with Crippen molar-refractivity contribution in [1.82, 2.24) is 14.5 Å². The fraction of sp³-hybridized carbons (Fsp3) is 0.481. The predicted molar refractivity (Wildman–Crippen MR) is 147 cm³/mol. The number of hydrogen-bond acceptors (Lipinski definition) is 5. The van der Waals surface area contributed by atoms with Crippen LogP contribution in [0.4, 0.5) is 5.69 Å². The van der Waals surface area contributed by atoms with E-state index in [1.54, 1.807) is 32.2 Å². The van der Waals surface area contributed by atoms with E-state index < -0.39 is 28.7 Å². The minimum Gasteiger partial charge on any atom is -0.497 e. The zero-order valence-electron chi connectivity index (χ0n) is 23.1. The lowest BCUT2D eigenvalue weighted by Crippen LogP contribution is -2.54. The van der Waals surface area contributed by atoms with E-state index in [0.717, 1.165) is 25.3 Å². The van der Waals surface area contributed by atoms with Crippen LogP contribution in [-0.2, 0) is 26.3 Å². The Balaban J connectivity index is 2.55. The fourth-order valence-corrected chi connectivity index (χ4v) is 5.03. The van der Waals surface area contributed by atoms with Gasteiger partial charge in [0.15, 0.2) is 0 Å². The quantitative estimate of drug-likeness (QED) is 0.452. The summed E-state index contributed by atoms with van der Waals surface area (Å²) in [6, 6.07) is 11.8. The highest BCUT2D eigenvalue weighted by Crippen LogP contribution is 2.26. The van der Waals surface area contributed by atoms with Crippen molar-refractivity contribution in [2.75, 3.05) is 32.1 Å². The molecule has 0 spiro atoms. The third kappa shape index (κ3) is 7.69. The second-order valence-electron chi connectivity index (χ2n) is 9.54. The van der Waals surface area contributed by atoms with Gasteiger partial charge in [-0.05, 0) is 69.0 Å². The van der Waals surface area contributed by atoms with Crippen LogP contribution < -0.4 is 14.4 Å². The Morgan fingerprint density at radius 2 is 1.65 bits per heavy atom. The topological polar surface area (TPSA) is 99.3 Å². The third-order valence-corrected chi connectivity index (χ3v) is 7.79. The number of carbonyl (C=O) groups is 2. The first-order valence-electron chi connectivity index (χ1n) is 12.3. The van der Waals surface area contributed by atoms with Gasteiger partial charge in [-0.3, -0.25) is 9.59 Å². The van der Waals surface area contributed by atoms with Crippen LogP contribution in [-0.4, -0.2) is 69.3 Å². The normalized spacial score (nSPS) is 12.4. The lowest BCUT2D eigenvalue weighted by molar-refractivity contribution is -0.140. The number of nitrogens with zero attached hydrogens (tertiary/aromatic N) is 3. The van der Waals surface area contributed by atoms with Gasteiger partial charge in [-0.15, -0.1) is 0 Å². The first kappa shape index (κ1) is 30.1. The summed E-state index contributed by atoms with van der Waals surface area (Å²) in [5, 5.41) is 2.89. The monoisotopic (exact) mass is 532 g/mol. The number of carbonyl (C=O) groups excluding carboxylic acids is 2. The molecule has 0 unspecified atom stereocenters. The van der Waals surface area contributed by atoms with Gasteiger partial charge in [-0.1, -0.05) is 31.2 Å². The Morgan fingerprint density at radius 1 is 1.03 bits per heavy atom. The van der Waals surface area contributed by atoms with Crippen molar-refractivity contribution < 1.29 is 22.7 Å². The van der Waals surface area contributed by atoms with Gasteiger partial charge in [-0.25, -0.2) is 4.31 Å². The van der Waals surface area contributed by atoms with Gasteiger partial charge in [-0.2, -0.15) is 12.7 Å². The number of anilines is 1. The molecule has 1 atom stereocenters. The number of ether oxygens (including phenoxy) is 1. The molecule has 2 rings (SSSR count). The van der Waals surface area contributed by atoms with Gasteiger partial charge in [0.2, 0.25) is 11.8 Å². The van der Waals surface area contributed by atoms with E-state index in [2.05, 4.69) is 5.32 Å². The van der Waals surface area contributed by atoms with Crippen LogP contribution in [0.25, 0.3) is 0 Å². The standard InChI is InChI=1S/C27H40N4O5S/c1-9-24(27(33)28-19(2)3)30(17-22-12-14-23(36-8)15-13-22)26(32)18-31(37(34,35)29(6)7)25-16-20(4)10-11-21(25)5/h10-16,19,24H,9,17-18H2,1-8H3,(H,28,33)/t24-/m0/s1. The molecule has 0 bridgehead atoms. The second kappa shape index (κ2) is 12.9. The van der Waals surface area contributed by atoms with E-state index in [1.807, 2.05) is 52.0 Å². The fourth-order valence-electron chi connectivity index (χ4n) is 3.92. The van der Waals surface area contributed by atoms with Crippen molar-refractivity contribution >= 4 is 27.7 Å². The van der Waals surface area contributed by atoms with E-state index in [0.29, 0.717) is 17.9 Å². The predicted octanol–water partition coefficient (Wildman–Crippen LogP) is 3.26. The van der Waals surface area contributed by atoms with Crippen LogP contribution in [0.3, 0.4) is 0 Å². The number of amides is 2. The van der Waals surface area contributed by atoms with Gasteiger partial charge in [0, 0.05) is 26.7 Å². The lowest BCUT2D eigenvalue weighted by Gasteiger charge is -2.34. The van der Waals surface area contributed by atoms with Crippen molar-refractivity contribution in [3.63, 3.8) is 0 Å².